The molecule has 4 heteroatoms. The van der Waals surface area contributed by atoms with Crippen molar-refractivity contribution in [3.63, 3.8) is 0 Å². The molecule has 88 valence electrons. The van der Waals surface area contributed by atoms with Crippen molar-refractivity contribution in [2.75, 3.05) is 4.90 Å². The molecule has 0 aliphatic carbocycles. The minimum atomic E-state index is 0.731. The average Bonchev–Trinajstić information content (AvgIpc) is 2.82. The fourth-order valence-electron chi connectivity index (χ4n) is 2.36. The van der Waals surface area contributed by atoms with Gasteiger partial charge < -0.3 is 4.90 Å². The van der Waals surface area contributed by atoms with Gasteiger partial charge in [-0.15, -0.1) is 0 Å². The molecular formula is C14H12N4. The number of rotatable bonds is 1. The molecule has 0 saturated heterocycles. The van der Waals surface area contributed by atoms with Crippen molar-refractivity contribution in [2.45, 2.75) is 20.0 Å². The minimum absolute atomic E-state index is 0.731. The van der Waals surface area contributed by atoms with E-state index in [1.807, 2.05) is 25.3 Å². The van der Waals surface area contributed by atoms with E-state index >= 15 is 0 Å². The molecule has 2 heterocycles. The molecule has 0 saturated carbocycles. The Morgan fingerprint density at radius 2 is 2.22 bits per heavy atom. The lowest BCUT2D eigenvalue weighted by molar-refractivity contribution is 0.865. The molecule has 0 bridgehead atoms. The summed E-state index contributed by atoms with van der Waals surface area (Å²) in [6.07, 6.45) is 3.45. The van der Waals surface area contributed by atoms with Crippen LogP contribution in [0.3, 0.4) is 0 Å². The highest BCUT2D eigenvalue weighted by molar-refractivity contribution is 5.60. The number of aromatic nitrogens is 2. The number of nitrogens with zero attached hydrogens (tertiary/aromatic N) is 4. The first-order valence-electron chi connectivity index (χ1n) is 5.82. The van der Waals surface area contributed by atoms with Gasteiger partial charge in [-0.1, -0.05) is 6.07 Å². The second kappa shape index (κ2) is 4.11. The predicted molar refractivity (Wildman–Crippen MR) is 67.8 cm³/mol. The number of anilines is 1. The molecule has 4 nitrogen and oxygen atoms in total. The van der Waals surface area contributed by atoms with E-state index in [2.05, 4.69) is 27.0 Å². The maximum Gasteiger partial charge on any atom is 0.115 e. The first-order valence-corrected chi connectivity index (χ1v) is 5.82. The topological polar surface area (TPSA) is 52.8 Å². The van der Waals surface area contributed by atoms with Crippen molar-refractivity contribution in [3.8, 4) is 6.07 Å². The van der Waals surface area contributed by atoms with E-state index in [-0.39, 0.29) is 0 Å². The molecule has 1 aliphatic heterocycles. The summed E-state index contributed by atoms with van der Waals surface area (Å²) in [5, 5.41) is 9.07. The van der Waals surface area contributed by atoms with E-state index in [0.717, 1.165) is 35.6 Å². The highest BCUT2D eigenvalue weighted by Gasteiger charge is 2.22. The number of hydrogen-bond donors (Lipinski definition) is 0. The first-order chi connectivity index (χ1) is 8.79. The Kier molecular flexibility index (Phi) is 2.45. The van der Waals surface area contributed by atoms with Crippen molar-refractivity contribution in [1.82, 2.24) is 9.97 Å². The lowest BCUT2D eigenvalue weighted by Crippen LogP contribution is -2.16. The highest BCUT2D eigenvalue weighted by atomic mass is 15.2. The number of fused-ring (bicyclic) bond motifs is 1. The van der Waals surface area contributed by atoms with Crippen LogP contribution in [0.5, 0.6) is 0 Å². The van der Waals surface area contributed by atoms with Crippen molar-refractivity contribution in [2.24, 2.45) is 0 Å². The Labute approximate surface area is 106 Å². The summed E-state index contributed by atoms with van der Waals surface area (Å²) in [6, 6.07) is 8.05. The maximum absolute atomic E-state index is 9.07. The van der Waals surface area contributed by atoms with Crippen LogP contribution in [0, 0.1) is 18.3 Å². The monoisotopic (exact) mass is 236 g/mol. The van der Waals surface area contributed by atoms with E-state index in [1.165, 1.54) is 5.56 Å². The van der Waals surface area contributed by atoms with Gasteiger partial charge in [-0.25, -0.2) is 9.97 Å². The second-order valence-corrected chi connectivity index (χ2v) is 4.41. The third-order valence-corrected chi connectivity index (χ3v) is 3.35. The van der Waals surface area contributed by atoms with E-state index in [4.69, 9.17) is 5.26 Å². The van der Waals surface area contributed by atoms with Gasteiger partial charge in [-0.05, 0) is 24.6 Å². The lowest BCUT2D eigenvalue weighted by atomic mass is 10.1. The summed E-state index contributed by atoms with van der Waals surface area (Å²) >= 11 is 0. The normalized spacial score (nSPS) is 13.2. The zero-order valence-corrected chi connectivity index (χ0v) is 10.1. The molecular weight excluding hydrogens is 224 g/mol. The van der Waals surface area contributed by atoms with Crippen molar-refractivity contribution >= 4 is 5.69 Å². The van der Waals surface area contributed by atoms with Crippen LogP contribution in [0.2, 0.25) is 0 Å². The van der Waals surface area contributed by atoms with E-state index in [1.54, 1.807) is 6.33 Å². The summed E-state index contributed by atoms with van der Waals surface area (Å²) in [5.74, 6) is 0. The van der Waals surface area contributed by atoms with Gasteiger partial charge in [0.25, 0.3) is 0 Å². The summed E-state index contributed by atoms with van der Waals surface area (Å²) in [6.45, 7) is 3.59. The number of hydrogen-bond acceptors (Lipinski definition) is 4. The largest absolute Gasteiger partial charge is 0.361 e. The van der Waals surface area contributed by atoms with Gasteiger partial charge in [0, 0.05) is 24.0 Å². The van der Waals surface area contributed by atoms with Gasteiger partial charge in [0.1, 0.15) is 6.33 Å². The van der Waals surface area contributed by atoms with E-state index in [0.29, 0.717) is 0 Å². The summed E-state index contributed by atoms with van der Waals surface area (Å²) < 4.78 is 0. The molecule has 1 aromatic carbocycles. The van der Waals surface area contributed by atoms with Crippen molar-refractivity contribution in [3.05, 3.63) is 53.1 Å². The number of benzene rings is 1. The van der Waals surface area contributed by atoms with Gasteiger partial charge in [-0.3, -0.25) is 0 Å². The van der Waals surface area contributed by atoms with Crippen molar-refractivity contribution < 1.29 is 0 Å². The maximum atomic E-state index is 9.07. The molecule has 0 unspecified atom stereocenters. The summed E-state index contributed by atoms with van der Waals surface area (Å²) in [5.41, 5.74) is 5.10. The van der Waals surface area contributed by atoms with E-state index in [9.17, 15) is 0 Å². The molecule has 1 aliphatic rings. The molecule has 0 atom stereocenters. The van der Waals surface area contributed by atoms with Crippen LogP contribution in [0.15, 0.2) is 30.7 Å². The molecule has 1 aromatic heterocycles. The Hall–Kier alpha value is -2.41. The van der Waals surface area contributed by atoms with Crippen LogP contribution in [0.4, 0.5) is 5.69 Å². The Morgan fingerprint density at radius 1 is 1.33 bits per heavy atom. The summed E-state index contributed by atoms with van der Waals surface area (Å²) in [7, 11) is 0. The molecule has 2 aromatic rings. The van der Waals surface area contributed by atoms with Crippen LogP contribution in [0.1, 0.15) is 22.4 Å². The lowest BCUT2D eigenvalue weighted by Gasteiger charge is -2.20. The molecule has 0 radical (unpaired) electrons. The third kappa shape index (κ3) is 1.61. The SMILES string of the molecule is Cc1c(C#N)cccc1N1Cc2cncnc2C1. The smallest absolute Gasteiger partial charge is 0.115 e. The third-order valence-electron chi connectivity index (χ3n) is 3.35. The van der Waals surface area contributed by atoms with E-state index < -0.39 is 0 Å². The minimum Gasteiger partial charge on any atom is -0.361 e. The van der Waals surface area contributed by atoms with Crippen LogP contribution < -0.4 is 4.90 Å². The molecule has 0 N–H and O–H groups in total. The van der Waals surface area contributed by atoms with Crippen molar-refractivity contribution in [1.29, 1.82) is 5.26 Å². The van der Waals surface area contributed by atoms with Crippen LogP contribution in [-0.2, 0) is 13.1 Å². The van der Waals surface area contributed by atoms with Crippen LogP contribution in [0.25, 0.3) is 0 Å². The van der Waals surface area contributed by atoms with Gasteiger partial charge in [0.15, 0.2) is 0 Å². The average molecular weight is 236 g/mol. The molecule has 18 heavy (non-hydrogen) atoms. The van der Waals surface area contributed by atoms with Crippen LogP contribution >= 0.6 is 0 Å². The fourth-order valence-corrected chi connectivity index (χ4v) is 2.36. The fraction of sp³-hybridized carbons (Fsp3) is 0.214. The quantitative estimate of drug-likeness (QED) is 0.761. The summed E-state index contributed by atoms with van der Waals surface area (Å²) in [4.78, 5) is 10.6. The molecule has 0 amide bonds. The van der Waals surface area contributed by atoms with Crippen LogP contribution in [-0.4, -0.2) is 9.97 Å². The Morgan fingerprint density at radius 3 is 3.00 bits per heavy atom. The number of nitriles is 1. The Balaban J connectivity index is 1.98. The standard InChI is InChI=1S/C14H12N4/c1-10-11(5-15)3-2-4-14(10)18-7-12-6-16-9-17-13(12)8-18/h2-4,6,9H,7-8H2,1H3. The first kappa shape index (κ1) is 10.7. The zero-order chi connectivity index (χ0) is 12.5. The molecule has 3 rings (SSSR count). The van der Waals surface area contributed by atoms with Gasteiger partial charge in [-0.2, -0.15) is 5.26 Å². The van der Waals surface area contributed by atoms with Gasteiger partial charge in [0.05, 0.1) is 23.9 Å². The van der Waals surface area contributed by atoms with Gasteiger partial charge in [0.2, 0.25) is 0 Å². The predicted octanol–water partition coefficient (Wildman–Crippen LogP) is 2.18. The highest BCUT2D eigenvalue weighted by Crippen LogP contribution is 2.30. The van der Waals surface area contributed by atoms with Gasteiger partial charge >= 0.3 is 0 Å². The Bertz CT molecular complexity index is 617. The second-order valence-electron chi connectivity index (χ2n) is 4.41. The zero-order valence-electron chi connectivity index (χ0n) is 10.1. The molecule has 0 spiro atoms. The molecule has 0 fully saturated rings.